The summed E-state index contributed by atoms with van der Waals surface area (Å²) in [5.74, 6) is -3.75. The van der Waals surface area contributed by atoms with Gasteiger partial charge in [-0.1, -0.05) is 0 Å². The highest BCUT2D eigenvalue weighted by Gasteiger charge is 2.39. The lowest BCUT2D eigenvalue weighted by molar-refractivity contribution is -0.163. The average molecular weight is 190 g/mol. The standard InChI is InChI=1S/C6H10N2O5/c7-3(9)1-6(13,5(11)12)2-4(8)10/h13H,1-2H2,(H2,7,9)(H2,8,10)(H,11,12). The number of rotatable bonds is 5. The molecule has 6 N–H and O–H groups in total. The Kier molecular flexibility index (Phi) is 3.37. The van der Waals surface area contributed by atoms with Gasteiger partial charge in [0.25, 0.3) is 0 Å². The molecule has 0 radical (unpaired) electrons. The van der Waals surface area contributed by atoms with Crippen molar-refractivity contribution in [1.82, 2.24) is 0 Å². The summed E-state index contributed by atoms with van der Waals surface area (Å²) in [6, 6.07) is 0. The van der Waals surface area contributed by atoms with Crippen LogP contribution in [0.3, 0.4) is 0 Å². The van der Waals surface area contributed by atoms with Gasteiger partial charge >= 0.3 is 5.97 Å². The lowest BCUT2D eigenvalue weighted by Gasteiger charge is -2.19. The maximum atomic E-state index is 10.4. The zero-order valence-corrected chi connectivity index (χ0v) is 6.69. The first-order valence-corrected chi connectivity index (χ1v) is 3.30. The highest BCUT2D eigenvalue weighted by molar-refractivity contribution is 5.90. The first-order valence-electron chi connectivity index (χ1n) is 3.30. The number of amides is 2. The smallest absolute Gasteiger partial charge is 0.336 e. The molecule has 0 aromatic carbocycles. The predicted octanol–water partition coefficient (Wildman–Crippen LogP) is -2.45. The van der Waals surface area contributed by atoms with Gasteiger partial charge in [-0.05, 0) is 0 Å². The minimum atomic E-state index is -2.49. The number of carbonyl (C=O) groups is 3. The summed E-state index contributed by atoms with van der Waals surface area (Å²) in [6.07, 6.45) is -1.68. The van der Waals surface area contributed by atoms with E-state index in [1.807, 2.05) is 0 Å². The molecule has 0 aromatic heterocycles. The first kappa shape index (κ1) is 11.4. The third-order valence-electron chi connectivity index (χ3n) is 1.33. The van der Waals surface area contributed by atoms with Crippen molar-refractivity contribution in [3.05, 3.63) is 0 Å². The Morgan fingerprint density at radius 2 is 1.38 bits per heavy atom. The number of aliphatic carboxylic acids is 1. The second-order valence-corrected chi connectivity index (χ2v) is 2.62. The molecule has 0 atom stereocenters. The van der Waals surface area contributed by atoms with E-state index in [4.69, 9.17) is 5.11 Å². The van der Waals surface area contributed by atoms with Crippen LogP contribution < -0.4 is 11.5 Å². The number of hydrogen-bond donors (Lipinski definition) is 4. The zero-order valence-electron chi connectivity index (χ0n) is 6.69. The summed E-state index contributed by atoms with van der Waals surface area (Å²) in [7, 11) is 0. The summed E-state index contributed by atoms with van der Waals surface area (Å²) in [5.41, 5.74) is 6.87. The van der Waals surface area contributed by atoms with Crippen molar-refractivity contribution in [3.63, 3.8) is 0 Å². The van der Waals surface area contributed by atoms with E-state index < -0.39 is 36.2 Å². The lowest BCUT2D eigenvalue weighted by atomic mass is 9.95. The van der Waals surface area contributed by atoms with E-state index in [0.29, 0.717) is 0 Å². The van der Waals surface area contributed by atoms with E-state index in [9.17, 15) is 19.5 Å². The molecule has 0 aliphatic heterocycles. The van der Waals surface area contributed by atoms with E-state index in [1.165, 1.54) is 0 Å². The van der Waals surface area contributed by atoms with Gasteiger partial charge in [0, 0.05) is 0 Å². The van der Waals surface area contributed by atoms with Crippen molar-refractivity contribution in [2.24, 2.45) is 11.5 Å². The first-order chi connectivity index (χ1) is 5.78. The number of primary amides is 2. The molecule has 0 rings (SSSR count). The van der Waals surface area contributed by atoms with Crippen molar-refractivity contribution in [3.8, 4) is 0 Å². The van der Waals surface area contributed by atoms with Crippen LogP contribution in [0.5, 0.6) is 0 Å². The predicted molar refractivity (Wildman–Crippen MR) is 40.2 cm³/mol. The monoisotopic (exact) mass is 190 g/mol. The van der Waals surface area contributed by atoms with Crippen molar-refractivity contribution in [1.29, 1.82) is 0 Å². The van der Waals surface area contributed by atoms with Gasteiger partial charge in [0.1, 0.15) is 0 Å². The van der Waals surface area contributed by atoms with Crippen molar-refractivity contribution in [2.45, 2.75) is 18.4 Å². The molecule has 0 unspecified atom stereocenters. The van der Waals surface area contributed by atoms with Gasteiger partial charge < -0.3 is 21.7 Å². The highest BCUT2D eigenvalue weighted by atomic mass is 16.4. The summed E-state index contributed by atoms with van der Waals surface area (Å²) < 4.78 is 0. The van der Waals surface area contributed by atoms with Gasteiger partial charge in [-0.2, -0.15) is 0 Å². The van der Waals surface area contributed by atoms with Crippen LogP contribution >= 0.6 is 0 Å². The van der Waals surface area contributed by atoms with E-state index in [2.05, 4.69) is 11.5 Å². The Bertz CT molecular complexity index is 233. The van der Waals surface area contributed by atoms with Crippen molar-refractivity contribution in [2.75, 3.05) is 0 Å². The zero-order chi connectivity index (χ0) is 10.6. The molecule has 0 heterocycles. The van der Waals surface area contributed by atoms with Crippen LogP contribution in [0.1, 0.15) is 12.8 Å². The molecule has 74 valence electrons. The fourth-order valence-corrected chi connectivity index (χ4v) is 0.790. The number of carbonyl (C=O) groups excluding carboxylic acids is 2. The molecule has 0 saturated carbocycles. The van der Waals surface area contributed by atoms with Gasteiger partial charge in [0.2, 0.25) is 11.8 Å². The van der Waals surface area contributed by atoms with Crippen LogP contribution in [0.15, 0.2) is 0 Å². The number of carboxylic acid groups (broad SMARTS) is 1. The number of carboxylic acids is 1. The summed E-state index contributed by atoms with van der Waals surface area (Å²) in [4.78, 5) is 31.1. The molecule has 0 bridgehead atoms. The van der Waals surface area contributed by atoms with Gasteiger partial charge in [0.15, 0.2) is 5.60 Å². The molecule has 0 aliphatic rings. The SMILES string of the molecule is NC(=O)CC(O)(CC(N)=O)C(=O)O. The van der Waals surface area contributed by atoms with Crippen molar-refractivity contribution < 1.29 is 24.6 Å². The van der Waals surface area contributed by atoms with Crippen molar-refractivity contribution >= 4 is 17.8 Å². The van der Waals surface area contributed by atoms with Crippen LogP contribution in [-0.4, -0.2) is 33.6 Å². The summed E-state index contributed by atoms with van der Waals surface area (Å²) >= 11 is 0. The Labute approximate surface area is 73.3 Å². The molecule has 0 aliphatic carbocycles. The molecular formula is C6H10N2O5. The molecular weight excluding hydrogens is 180 g/mol. The molecule has 2 amide bonds. The maximum absolute atomic E-state index is 10.4. The fourth-order valence-electron chi connectivity index (χ4n) is 0.790. The molecule has 7 nitrogen and oxygen atoms in total. The van der Waals surface area contributed by atoms with Gasteiger partial charge in [-0.15, -0.1) is 0 Å². The lowest BCUT2D eigenvalue weighted by Crippen LogP contribution is -2.45. The van der Waals surface area contributed by atoms with Crippen LogP contribution in [0, 0.1) is 0 Å². The van der Waals surface area contributed by atoms with Crippen LogP contribution in [0.2, 0.25) is 0 Å². The summed E-state index contributed by atoms with van der Waals surface area (Å²) in [5, 5.41) is 17.7. The van der Waals surface area contributed by atoms with E-state index in [0.717, 1.165) is 0 Å². The minimum absolute atomic E-state index is 0.842. The van der Waals surface area contributed by atoms with E-state index in [-0.39, 0.29) is 0 Å². The second kappa shape index (κ2) is 3.85. The second-order valence-electron chi connectivity index (χ2n) is 2.62. The largest absolute Gasteiger partial charge is 0.479 e. The third kappa shape index (κ3) is 3.52. The van der Waals surface area contributed by atoms with E-state index >= 15 is 0 Å². The normalized spacial score (nSPS) is 10.8. The quantitative estimate of drug-likeness (QED) is 0.380. The molecule has 0 saturated heterocycles. The van der Waals surface area contributed by atoms with Crippen LogP contribution in [-0.2, 0) is 14.4 Å². The Morgan fingerprint density at radius 3 is 1.54 bits per heavy atom. The van der Waals surface area contributed by atoms with Crippen LogP contribution in [0.4, 0.5) is 0 Å². The van der Waals surface area contributed by atoms with Gasteiger partial charge in [-0.25, -0.2) is 4.79 Å². The number of nitrogens with two attached hydrogens (primary N) is 2. The van der Waals surface area contributed by atoms with Gasteiger partial charge in [0.05, 0.1) is 12.8 Å². The highest BCUT2D eigenvalue weighted by Crippen LogP contribution is 2.14. The maximum Gasteiger partial charge on any atom is 0.336 e. The molecule has 0 spiro atoms. The van der Waals surface area contributed by atoms with E-state index in [1.54, 1.807) is 0 Å². The molecule has 0 aromatic rings. The Hall–Kier alpha value is -1.63. The average Bonchev–Trinajstić information content (AvgIpc) is 1.82. The number of hydrogen-bond acceptors (Lipinski definition) is 4. The number of aliphatic hydroxyl groups is 1. The Balaban J connectivity index is 4.62. The van der Waals surface area contributed by atoms with Gasteiger partial charge in [-0.3, -0.25) is 9.59 Å². The Morgan fingerprint density at radius 1 is 1.08 bits per heavy atom. The topological polar surface area (TPSA) is 144 Å². The molecule has 13 heavy (non-hydrogen) atoms. The molecule has 0 fully saturated rings. The summed E-state index contributed by atoms with van der Waals surface area (Å²) in [6.45, 7) is 0. The van der Waals surface area contributed by atoms with Crippen LogP contribution in [0.25, 0.3) is 0 Å². The fraction of sp³-hybridized carbons (Fsp3) is 0.500. The minimum Gasteiger partial charge on any atom is -0.479 e. The molecule has 7 heteroatoms. The third-order valence-corrected chi connectivity index (χ3v) is 1.33.